The molecule has 0 aliphatic carbocycles. The van der Waals surface area contributed by atoms with E-state index in [1.165, 1.54) is 0 Å². The quantitative estimate of drug-likeness (QED) is 0.573. The molecule has 0 bridgehead atoms. The Morgan fingerprint density at radius 2 is 2.13 bits per heavy atom. The second-order valence-electron chi connectivity index (χ2n) is 3.17. The number of hydrogen-bond donors (Lipinski definition) is 2. The minimum absolute atomic E-state index is 0.564. The van der Waals surface area contributed by atoms with Crippen LogP contribution in [0.5, 0.6) is 0 Å². The Labute approximate surface area is 88.3 Å². The van der Waals surface area contributed by atoms with Crippen LogP contribution in [0.2, 0.25) is 0 Å². The highest BCUT2D eigenvalue weighted by Gasteiger charge is 1.93. The minimum Gasteiger partial charge on any atom is -0.347 e. The first kappa shape index (κ1) is 9.89. The maximum absolute atomic E-state index is 5.30. The van der Waals surface area contributed by atoms with Gasteiger partial charge in [0.1, 0.15) is 0 Å². The summed E-state index contributed by atoms with van der Waals surface area (Å²) in [5, 5.41) is 0. The van der Waals surface area contributed by atoms with Crippen molar-refractivity contribution in [1.82, 2.24) is 15.4 Å². The Morgan fingerprint density at radius 1 is 1.27 bits per heavy atom. The maximum atomic E-state index is 5.30. The standard InChI is InChI=1S/C11H13N3O/c1-2-4-10(5-3-1)8-15-14-7-11-6-12-9-13-11/h1-6,9,14H,7-8H2,(H,12,13). The number of imidazole rings is 1. The maximum Gasteiger partial charge on any atom is 0.0933 e. The van der Waals surface area contributed by atoms with Gasteiger partial charge in [0.25, 0.3) is 0 Å². The zero-order valence-corrected chi connectivity index (χ0v) is 8.31. The molecule has 0 saturated carbocycles. The molecular formula is C11H13N3O. The fourth-order valence-electron chi connectivity index (χ4n) is 1.22. The van der Waals surface area contributed by atoms with Gasteiger partial charge >= 0.3 is 0 Å². The summed E-state index contributed by atoms with van der Waals surface area (Å²) in [5.41, 5.74) is 5.02. The molecule has 2 aromatic rings. The molecule has 1 aromatic heterocycles. The van der Waals surface area contributed by atoms with Crippen LogP contribution in [-0.2, 0) is 18.0 Å². The van der Waals surface area contributed by atoms with E-state index in [0.717, 1.165) is 11.3 Å². The topological polar surface area (TPSA) is 49.9 Å². The van der Waals surface area contributed by atoms with E-state index in [2.05, 4.69) is 15.4 Å². The first-order valence-corrected chi connectivity index (χ1v) is 4.81. The Kier molecular flexibility index (Phi) is 3.48. The summed E-state index contributed by atoms with van der Waals surface area (Å²) in [4.78, 5) is 12.2. The van der Waals surface area contributed by atoms with Crippen LogP contribution in [0.1, 0.15) is 11.3 Å². The third-order valence-electron chi connectivity index (χ3n) is 2.00. The Balaban J connectivity index is 1.68. The zero-order valence-electron chi connectivity index (χ0n) is 8.31. The number of hydroxylamine groups is 1. The molecule has 15 heavy (non-hydrogen) atoms. The summed E-state index contributed by atoms with van der Waals surface area (Å²) >= 11 is 0. The van der Waals surface area contributed by atoms with Crippen LogP contribution in [-0.4, -0.2) is 9.97 Å². The van der Waals surface area contributed by atoms with Crippen molar-refractivity contribution in [3.05, 3.63) is 54.1 Å². The van der Waals surface area contributed by atoms with Crippen molar-refractivity contribution in [2.45, 2.75) is 13.2 Å². The van der Waals surface area contributed by atoms with Gasteiger partial charge in [-0.25, -0.2) is 4.98 Å². The molecule has 0 radical (unpaired) electrons. The molecule has 0 aliphatic heterocycles. The summed E-state index contributed by atoms with van der Waals surface area (Å²) < 4.78 is 0. The van der Waals surface area contributed by atoms with Gasteiger partial charge in [-0.2, -0.15) is 5.48 Å². The highest BCUT2D eigenvalue weighted by atomic mass is 16.6. The first-order chi connectivity index (χ1) is 7.45. The van der Waals surface area contributed by atoms with E-state index < -0.39 is 0 Å². The van der Waals surface area contributed by atoms with E-state index >= 15 is 0 Å². The summed E-state index contributed by atoms with van der Waals surface area (Å²) in [5.74, 6) is 0. The largest absolute Gasteiger partial charge is 0.347 e. The van der Waals surface area contributed by atoms with Gasteiger partial charge in [-0.15, -0.1) is 0 Å². The van der Waals surface area contributed by atoms with Crippen LogP contribution in [0.4, 0.5) is 0 Å². The molecule has 0 spiro atoms. The van der Waals surface area contributed by atoms with Crippen molar-refractivity contribution >= 4 is 0 Å². The average molecular weight is 203 g/mol. The lowest BCUT2D eigenvalue weighted by molar-refractivity contribution is 0.0229. The van der Waals surface area contributed by atoms with E-state index in [1.54, 1.807) is 12.5 Å². The Hall–Kier alpha value is -1.65. The molecule has 2 N–H and O–H groups in total. The number of hydrogen-bond acceptors (Lipinski definition) is 3. The predicted octanol–water partition coefficient (Wildman–Crippen LogP) is 1.63. The number of H-pyrrole nitrogens is 1. The Bertz CT molecular complexity index is 372. The van der Waals surface area contributed by atoms with Gasteiger partial charge in [0, 0.05) is 6.20 Å². The van der Waals surface area contributed by atoms with E-state index in [0.29, 0.717) is 13.2 Å². The van der Waals surface area contributed by atoms with Crippen LogP contribution in [0.25, 0.3) is 0 Å². The molecule has 1 aromatic carbocycles. The molecule has 4 nitrogen and oxygen atoms in total. The predicted molar refractivity (Wildman–Crippen MR) is 56.7 cm³/mol. The lowest BCUT2D eigenvalue weighted by atomic mass is 10.2. The second-order valence-corrected chi connectivity index (χ2v) is 3.17. The summed E-state index contributed by atoms with van der Waals surface area (Å²) in [6.07, 6.45) is 3.41. The van der Waals surface area contributed by atoms with Gasteiger partial charge in [0.05, 0.1) is 25.2 Å². The van der Waals surface area contributed by atoms with Crippen LogP contribution in [0.3, 0.4) is 0 Å². The van der Waals surface area contributed by atoms with Gasteiger partial charge in [-0.1, -0.05) is 30.3 Å². The molecule has 0 amide bonds. The van der Waals surface area contributed by atoms with Crippen LogP contribution < -0.4 is 5.48 Å². The zero-order chi connectivity index (χ0) is 10.3. The highest BCUT2D eigenvalue weighted by Crippen LogP contribution is 1.99. The molecule has 1 heterocycles. The van der Waals surface area contributed by atoms with E-state index in [-0.39, 0.29) is 0 Å². The number of nitrogens with one attached hydrogen (secondary N) is 2. The van der Waals surface area contributed by atoms with Crippen LogP contribution >= 0.6 is 0 Å². The first-order valence-electron chi connectivity index (χ1n) is 4.81. The number of rotatable bonds is 5. The smallest absolute Gasteiger partial charge is 0.0933 e. The molecular weight excluding hydrogens is 190 g/mol. The summed E-state index contributed by atoms with van der Waals surface area (Å²) in [6.45, 7) is 1.20. The van der Waals surface area contributed by atoms with E-state index in [1.807, 2.05) is 30.3 Å². The fourth-order valence-corrected chi connectivity index (χ4v) is 1.22. The SMILES string of the molecule is c1ccc(CONCc2cnc[nH]2)cc1. The number of aromatic nitrogens is 2. The van der Waals surface area contributed by atoms with Gasteiger partial charge in [0.15, 0.2) is 0 Å². The van der Waals surface area contributed by atoms with E-state index in [4.69, 9.17) is 4.84 Å². The molecule has 0 saturated heterocycles. The minimum atomic E-state index is 0.564. The van der Waals surface area contributed by atoms with Gasteiger partial charge in [0.2, 0.25) is 0 Å². The lowest BCUT2D eigenvalue weighted by Gasteiger charge is -2.04. The number of aromatic amines is 1. The molecule has 0 atom stereocenters. The molecule has 0 aliphatic rings. The monoisotopic (exact) mass is 203 g/mol. The highest BCUT2D eigenvalue weighted by molar-refractivity contribution is 5.13. The van der Waals surface area contributed by atoms with Crippen LogP contribution in [0.15, 0.2) is 42.9 Å². The van der Waals surface area contributed by atoms with Crippen molar-refractivity contribution in [3.8, 4) is 0 Å². The lowest BCUT2D eigenvalue weighted by Crippen LogP contribution is -2.13. The number of nitrogens with zero attached hydrogens (tertiary/aromatic N) is 1. The summed E-state index contributed by atoms with van der Waals surface area (Å²) in [7, 11) is 0. The average Bonchev–Trinajstić information content (AvgIpc) is 2.79. The molecule has 2 rings (SSSR count). The van der Waals surface area contributed by atoms with Gasteiger partial charge in [-0.3, -0.25) is 4.84 Å². The van der Waals surface area contributed by atoms with Crippen molar-refractivity contribution in [2.75, 3.05) is 0 Å². The van der Waals surface area contributed by atoms with Crippen LogP contribution in [0, 0.1) is 0 Å². The summed E-state index contributed by atoms with van der Waals surface area (Å²) in [6, 6.07) is 10.0. The van der Waals surface area contributed by atoms with Crippen molar-refractivity contribution in [2.24, 2.45) is 0 Å². The van der Waals surface area contributed by atoms with Gasteiger partial charge in [-0.05, 0) is 5.56 Å². The normalized spacial score (nSPS) is 10.4. The molecule has 4 heteroatoms. The Morgan fingerprint density at radius 3 is 2.87 bits per heavy atom. The third-order valence-corrected chi connectivity index (χ3v) is 2.00. The van der Waals surface area contributed by atoms with Crippen molar-refractivity contribution in [1.29, 1.82) is 0 Å². The molecule has 0 fully saturated rings. The fraction of sp³-hybridized carbons (Fsp3) is 0.182. The second kappa shape index (κ2) is 5.29. The van der Waals surface area contributed by atoms with Crippen molar-refractivity contribution < 1.29 is 4.84 Å². The third kappa shape index (κ3) is 3.19. The molecule has 0 unspecified atom stereocenters. The number of benzene rings is 1. The van der Waals surface area contributed by atoms with Gasteiger partial charge < -0.3 is 4.98 Å². The molecule has 78 valence electrons. The van der Waals surface area contributed by atoms with Crippen molar-refractivity contribution in [3.63, 3.8) is 0 Å². The van der Waals surface area contributed by atoms with E-state index in [9.17, 15) is 0 Å².